The van der Waals surface area contributed by atoms with Crippen molar-refractivity contribution in [1.82, 2.24) is 0 Å². The molecular weight excluding hydrogens is 274 g/mol. The molecule has 0 amide bonds. The second-order valence-corrected chi connectivity index (χ2v) is 4.85. The van der Waals surface area contributed by atoms with Crippen LogP contribution in [-0.4, -0.2) is 17.4 Å². The summed E-state index contributed by atoms with van der Waals surface area (Å²) in [6.07, 6.45) is 0.600. The highest BCUT2D eigenvalue weighted by Gasteiger charge is 2.22. The number of nitrogens with zero attached hydrogens (tertiary/aromatic N) is 2. The van der Waals surface area contributed by atoms with Gasteiger partial charge in [0.05, 0.1) is 12.3 Å². The molecule has 0 saturated carbocycles. The van der Waals surface area contributed by atoms with Crippen molar-refractivity contribution in [2.45, 2.75) is 13.0 Å². The second-order valence-electron chi connectivity index (χ2n) is 4.85. The van der Waals surface area contributed by atoms with Gasteiger partial charge in [-0.05, 0) is 29.3 Å². The van der Waals surface area contributed by atoms with Crippen molar-refractivity contribution in [1.29, 1.82) is 0 Å². The zero-order valence-corrected chi connectivity index (χ0v) is 11.3. The molecule has 0 fully saturated rings. The average molecular weight is 288 g/mol. The first-order valence-corrected chi connectivity index (χ1v) is 6.68. The smallest absolute Gasteiger partial charge is 0.151 e. The van der Waals surface area contributed by atoms with Crippen LogP contribution in [-0.2, 0) is 6.61 Å². The van der Waals surface area contributed by atoms with Crippen molar-refractivity contribution in [2.75, 3.05) is 11.6 Å². The maximum Gasteiger partial charge on any atom is 0.151 e. The quantitative estimate of drug-likeness (QED) is 0.942. The lowest BCUT2D eigenvalue weighted by Gasteiger charge is -2.14. The van der Waals surface area contributed by atoms with Crippen LogP contribution < -0.4 is 5.01 Å². The topological polar surface area (TPSA) is 35.8 Å². The Morgan fingerprint density at radius 2 is 1.81 bits per heavy atom. The lowest BCUT2D eigenvalue weighted by Crippen LogP contribution is -2.15. The molecule has 2 aromatic rings. The molecule has 3 rings (SSSR count). The lowest BCUT2D eigenvalue weighted by molar-refractivity contribution is 0.282. The molecule has 1 aliphatic rings. The maximum atomic E-state index is 13.8. The number of para-hydroxylation sites is 1. The molecule has 0 radical (unpaired) electrons. The van der Waals surface area contributed by atoms with Crippen LogP contribution in [0.1, 0.15) is 17.5 Å². The van der Waals surface area contributed by atoms with Gasteiger partial charge in [-0.1, -0.05) is 24.3 Å². The third-order valence-electron chi connectivity index (χ3n) is 3.44. The fourth-order valence-corrected chi connectivity index (χ4v) is 2.41. The van der Waals surface area contributed by atoms with Gasteiger partial charge in [0.2, 0.25) is 0 Å². The maximum absolute atomic E-state index is 13.8. The van der Waals surface area contributed by atoms with Crippen LogP contribution in [0.3, 0.4) is 0 Å². The van der Waals surface area contributed by atoms with Crippen molar-refractivity contribution in [2.24, 2.45) is 5.10 Å². The molecule has 0 spiro atoms. The minimum absolute atomic E-state index is 0.0488. The third kappa shape index (κ3) is 2.64. The summed E-state index contributed by atoms with van der Waals surface area (Å²) in [6, 6.07) is 11.1. The molecule has 21 heavy (non-hydrogen) atoms. The fraction of sp³-hybridized carbons (Fsp3) is 0.188. The number of rotatable bonds is 3. The van der Waals surface area contributed by atoms with Gasteiger partial charge in [0.25, 0.3) is 0 Å². The van der Waals surface area contributed by atoms with Gasteiger partial charge in [0.15, 0.2) is 11.6 Å². The summed E-state index contributed by atoms with van der Waals surface area (Å²) in [5.74, 6) is -1.24. The number of aliphatic hydroxyl groups excluding tert-OH is 1. The molecule has 0 saturated heterocycles. The molecule has 0 aliphatic carbocycles. The van der Waals surface area contributed by atoms with Crippen LogP contribution in [0.2, 0.25) is 0 Å². The molecule has 0 bridgehead atoms. The predicted octanol–water partition coefficient (Wildman–Crippen LogP) is 3.07. The zero-order chi connectivity index (χ0) is 14.8. The van der Waals surface area contributed by atoms with Crippen molar-refractivity contribution in [3.8, 4) is 0 Å². The molecule has 0 aromatic heterocycles. The van der Waals surface area contributed by atoms with E-state index in [1.165, 1.54) is 23.2 Å². The Morgan fingerprint density at radius 3 is 2.52 bits per heavy atom. The van der Waals surface area contributed by atoms with Gasteiger partial charge in [-0.2, -0.15) is 5.10 Å². The van der Waals surface area contributed by atoms with E-state index in [0.29, 0.717) is 13.0 Å². The summed E-state index contributed by atoms with van der Waals surface area (Å²) in [7, 11) is 0. The largest absolute Gasteiger partial charge is 0.392 e. The van der Waals surface area contributed by atoms with Crippen LogP contribution in [0, 0.1) is 11.6 Å². The summed E-state index contributed by atoms with van der Waals surface area (Å²) in [5, 5.41) is 14.8. The first-order chi connectivity index (χ1) is 10.2. The van der Waals surface area contributed by atoms with Gasteiger partial charge in [0, 0.05) is 13.0 Å². The lowest BCUT2D eigenvalue weighted by atomic mass is 10.1. The average Bonchev–Trinajstić information content (AvgIpc) is 2.97. The number of aliphatic hydroxyl groups is 1. The molecule has 1 heterocycles. The molecule has 5 heteroatoms. The zero-order valence-electron chi connectivity index (χ0n) is 11.3. The molecular formula is C16H14F2N2O. The van der Waals surface area contributed by atoms with E-state index >= 15 is 0 Å². The van der Waals surface area contributed by atoms with Crippen LogP contribution in [0.15, 0.2) is 47.6 Å². The highest BCUT2D eigenvalue weighted by Crippen LogP contribution is 2.27. The Kier molecular flexibility index (Phi) is 3.66. The van der Waals surface area contributed by atoms with E-state index in [4.69, 9.17) is 5.11 Å². The standard InChI is InChI=1S/C16H14F2N2O/c17-13-5-2-6-14(18)16(13)20-8-7-15(19-20)12-4-1-3-11(9-12)10-21/h1-6,9,21H,7-8,10H2. The third-order valence-corrected chi connectivity index (χ3v) is 3.44. The van der Waals surface area contributed by atoms with Crippen molar-refractivity contribution < 1.29 is 13.9 Å². The van der Waals surface area contributed by atoms with Crippen LogP contribution >= 0.6 is 0 Å². The Balaban J connectivity index is 1.94. The van der Waals surface area contributed by atoms with Crippen molar-refractivity contribution >= 4 is 11.4 Å². The first-order valence-electron chi connectivity index (χ1n) is 6.68. The summed E-state index contributed by atoms with van der Waals surface area (Å²) in [5.41, 5.74) is 2.28. The van der Waals surface area contributed by atoms with Crippen LogP contribution in [0.4, 0.5) is 14.5 Å². The highest BCUT2D eigenvalue weighted by atomic mass is 19.1. The monoisotopic (exact) mass is 288 g/mol. The summed E-state index contributed by atoms with van der Waals surface area (Å²) >= 11 is 0. The summed E-state index contributed by atoms with van der Waals surface area (Å²) < 4.78 is 27.5. The SMILES string of the molecule is OCc1cccc(C2=NN(c3c(F)cccc3F)CC2)c1. The second kappa shape index (κ2) is 5.61. The molecule has 0 unspecified atom stereocenters. The number of halogens is 2. The van der Waals surface area contributed by atoms with E-state index < -0.39 is 11.6 Å². The Labute approximate surface area is 121 Å². The molecule has 1 aliphatic heterocycles. The molecule has 0 atom stereocenters. The summed E-state index contributed by atoms with van der Waals surface area (Å²) in [6.45, 7) is 0.378. The van der Waals surface area contributed by atoms with E-state index in [0.717, 1.165) is 16.8 Å². The Morgan fingerprint density at radius 1 is 1.10 bits per heavy atom. The Hall–Kier alpha value is -2.27. The van der Waals surface area contributed by atoms with Crippen molar-refractivity contribution in [3.63, 3.8) is 0 Å². The number of hydrogen-bond acceptors (Lipinski definition) is 3. The number of hydrazone groups is 1. The molecule has 1 N–H and O–H groups in total. The van der Waals surface area contributed by atoms with E-state index in [1.807, 2.05) is 24.3 Å². The van der Waals surface area contributed by atoms with E-state index in [2.05, 4.69) is 5.10 Å². The molecule has 108 valence electrons. The van der Waals surface area contributed by atoms with Gasteiger partial charge in [-0.3, -0.25) is 5.01 Å². The minimum atomic E-state index is -0.621. The van der Waals surface area contributed by atoms with E-state index in [9.17, 15) is 8.78 Å². The molecule has 2 aromatic carbocycles. The van der Waals surface area contributed by atoms with Gasteiger partial charge >= 0.3 is 0 Å². The highest BCUT2D eigenvalue weighted by molar-refractivity contribution is 6.02. The van der Waals surface area contributed by atoms with Crippen LogP contribution in [0.5, 0.6) is 0 Å². The first kappa shape index (κ1) is 13.7. The number of anilines is 1. The Bertz CT molecular complexity index is 680. The van der Waals surface area contributed by atoms with E-state index in [1.54, 1.807) is 0 Å². The molecule has 3 nitrogen and oxygen atoms in total. The minimum Gasteiger partial charge on any atom is -0.392 e. The van der Waals surface area contributed by atoms with E-state index in [-0.39, 0.29) is 12.3 Å². The predicted molar refractivity (Wildman–Crippen MR) is 77.2 cm³/mol. The van der Waals surface area contributed by atoms with Gasteiger partial charge in [-0.15, -0.1) is 0 Å². The van der Waals surface area contributed by atoms with Gasteiger partial charge < -0.3 is 5.11 Å². The van der Waals surface area contributed by atoms with Crippen molar-refractivity contribution in [3.05, 3.63) is 65.2 Å². The van der Waals surface area contributed by atoms with Gasteiger partial charge in [-0.25, -0.2) is 8.78 Å². The normalized spacial score (nSPS) is 14.4. The van der Waals surface area contributed by atoms with Crippen LogP contribution in [0.25, 0.3) is 0 Å². The number of hydrogen-bond donors (Lipinski definition) is 1. The summed E-state index contributed by atoms with van der Waals surface area (Å²) in [4.78, 5) is 0. The number of benzene rings is 2. The van der Waals surface area contributed by atoms with Gasteiger partial charge in [0.1, 0.15) is 5.69 Å². The fourth-order valence-electron chi connectivity index (χ4n) is 2.41.